The molecule has 0 aromatic rings. The first kappa shape index (κ1) is 43.6. The van der Waals surface area contributed by atoms with Crippen molar-refractivity contribution < 1.29 is 75.1 Å². The number of carboxylic acids is 5. The van der Waals surface area contributed by atoms with Crippen LogP contribution in [-0.4, -0.2) is 177 Å². The number of hydrogen-bond acceptors (Lipinski definition) is 8. The van der Waals surface area contributed by atoms with Crippen LogP contribution in [0.4, 0.5) is 0 Å². The van der Waals surface area contributed by atoms with E-state index in [0.717, 1.165) is 0 Å². The maximum atomic E-state index is 11.7. The first-order valence-corrected chi connectivity index (χ1v) is 6.30. The molecule has 1 atom stereocenters. The Hall–Kier alpha value is -0.300. The summed E-state index contributed by atoms with van der Waals surface area (Å²) in [5.74, 6) is -11.6. The summed E-state index contributed by atoms with van der Waals surface area (Å²) in [6.07, 6.45) is -5.94. The molecular weight excluding hydrogens is 453 g/mol. The molecule has 0 saturated carbocycles. The number of aliphatic carboxylic acids is 5. The van der Waals surface area contributed by atoms with Gasteiger partial charge in [0.2, 0.25) is 5.60 Å². The summed E-state index contributed by atoms with van der Waals surface area (Å²) in [4.78, 5) is 66.0. The van der Waals surface area contributed by atoms with Crippen molar-refractivity contribution in [3.05, 3.63) is 0 Å². The zero-order valence-electron chi connectivity index (χ0n) is 13.4. The van der Waals surface area contributed by atoms with Crippen LogP contribution in [0.2, 0.25) is 0 Å². The van der Waals surface area contributed by atoms with Gasteiger partial charge in [0.1, 0.15) is 0 Å². The van der Waals surface area contributed by atoms with Crippen LogP contribution in [0.1, 0.15) is 25.7 Å². The first-order valence-electron chi connectivity index (χ1n) is 6.30. The second kappa shape index (κ2) is 18.3. The summed E-state index contributed by atoms with van der Waals surface area (Å²) in [5.41, 5.74) is -6.24. The van der Waals surface area contributed by atoms with Gasteiger partial charge in [0.15, 0.2) is 5.60 Å². The Morgan fingerprint density at radius 3 is 1.17 bits per heavy atom. The third-order valence-corrected chi connectivity index (χ3v) is 2.85. The van der Waals surface area contributed by atoms with Crippen molar-refractivity contribution in [2.24, 2.45) is 0 Å². The quantitative estimate of drug-likeness (QED) is 0.120. The molecule has 0 aliphatic carbocycles. The Bertz CT molecular complexity index is 606. The first-order chi connectivity index (χ1) is 11.2. The van der Waals surface area contributed by atoms with Crippen LogP contribution in [0, 0.1) is 0 Å². The van der Waals surface area contributed by atoms with Crippen molar-refractivity contribution >= 4 is 124 Å². The molecule has 162 valence electrons. The van der Waals surface area contributed by atoms with Gasteiger partial charge in [0.05, 0.1) is 25.7 Å². The van der Waals surface area contributed by atoms with Crippen LogP contribution in [0.3, 0.4) is 0 Å². The normalized spacial score (nSPS) is 11.1. The van der Waals surface area contributed by atoms with Gasteiger partial charge < -0.3 is 46.3 Å². The Morgan fingerprint density at radius 2 is 0.933 bits per heavy atom. The van der Waals surface area contributed by atoms with Gasteiger partial charge in [-0.3, -0.25) is 19.2 Å². The van der Waals surface area contributed by atoms with E-state index in [1.165, 1.54) is 0 Å². The molecule has 0 bridgehead atoms. The number of rotatable bonds is 11. The fourth-order valence-corrected chi connectivity index (χ4v) is 1.77. The summed E-state index contributed by atoms with van der Waals surface area (Å²) in [5, 5.41) is 53.5. The van der Waals surface area contributed by atoms with E-state index in [2.05, 4.69) is 4.74 Å². The molecule has 15 nitrogen and oxygen atoms in total. The molecule has 0 fully saturated rings. The summed E-state index contributed by atoms with van der Waals surface area (Å²) in [6.45, 7) is 0. The number of esters is 1. The van der Waals surface area contributed by atoms with E-state index in [4.69, 9.17) is 25.5 Å². The van der Waals surface area contributed by atoms with E-state index in [1.54, 1.807) is 0 Å². The van der Waals surface area contributed by atoms with Crippen molar-refractivity contribution in [2.45, 2.75) is 36.9 Å². The molecule has 30 heavy (non-hydrogen) atoms. The summed E-state index contributed by atoms with van der Waals surface area (Å²) in [6, 6.07) is 0. The number of carbonyl (C=O) groups is 6. The molecule has 18 heteroatoms. The Morgan fingerprint density at radius 1 is 0.600 bits per heavy atom. The zero-order chi connectivity index (χ0) is 20.0. The number of ether oxygens (including phenoxy) is 1. The number of aliphatic hydroxyl groups is 1. The zero-order valence-corrected chi connectivity index (χ0v) is 13.4. The van der Waals surface area contributed by atoms with Crippen LogP contribution < -0.4 is 0 Å². The summed E-state index contributed by atoms with van der Waals surface area (Å²) >= 11 is 0. The molecule has 0 radical (unpaired) electrons. The fourth-order valence-electron chi connectivity index (χ4n) is 1.77. The Kier molecular flexibility index (Phi) is 26.6. The van der Waals surface area contributed by atoms with Crippen molar-refractivity contribution in [3.63, 3.8) is 0 Å². The maximum absolute atomic E-state index is 11.7. The van der Waals surface area contributed by atoms with Crippen LogP contribution in [0.15, 0.2) is 0 Å². The fraction of sp³-hybridized carbons (Fsp3) is 0.500. The second-order valence-corrected chi connectivity index (χ2v) is 5.00. The van der Waals surface area contributed by atoms with E-state index < -0.39 is 72.7 Å². The standard InChI is InChI=1S/C12H14O13.3Na.2H2O.3H/c13-5(14)1-11(24,9(20)21)4-8(19)25-12(10(22)23,2-6(15)16)3-7(17)18;;;;;;;;/h24H,1-4H2,(H,13,14)(H,15,16)(H,17,18)(H,20,21)(H,22,23);;;;2*1H2;;;. The SMILES string of the molecule is O.O.O=C(O)CC(O)(CC(=O)OC(CC(=O)O)(CC(=O)O)C(=O)O)C(=O)O.[NaH].[NaH].[NaH]. The van der Waals surface area contributed by atoms with Gasteiger partial charge in [-0.25, -0.2) is 9.59 Å². The molecule has 0 saturated heterocycles. The minimum atomic E-state index is -3.17. The van der Waals surface area contributed by atoms with Gasteiger partial charge in [0.25, 0.3) is 0 Å². The molecule has 1 unspecified atom stereocenters. The molecule has 10 N–H and O–H groups in total. The molecule has 0 aromatic heterocycles. The predicted octanol–water partition coefficient (Wildman–Crippen LogP) is -5.61. The average Bonchev–Trinajstić information content (AvgIpc) is 2.34. The summed E-state index contributed by atoms with van der Waals surface area (Å²) in [7, 11) is 0. The van der Waals surface area contributed by atoms with E-state index >= 15 is 0 Å². The third-order valence-electron chi connectivity index (χ3n) is 2.85. The molecule has 0 spiro atoms. The van der Waals surface area contributed by atoms with Gasteiger partial charge in [-0.15, -0.1) is 0 Å². The third kappa shape index (κ3) is 14.7. The van der Waals surface area contributed by atoms with Crippen LogP contribution in [-0.2, 0) is 33.5 Å². The van der Waals surface area contributed by atoms with Crippen LogP contribution >= 0.6 is 0 Å². The monoisotopic (exact) mass is 474 g/mol. The molecule has 0 amide bonds. The van der Waals surface area contributed by atoms with Gasteiger partial charge in [-0.2, -0.15) is 0 Å². The molecule has 0 aliphatic rings. The van der Waals surface area contributed by atoms with E-state index in [9.17, 15) is 33.9 Å². The van der Waals surface area contributed by atoms with Gasteiger partial charge in [-0.05, 0) is 0 Å². The van der Waals surface area contributed by atoms with Gasteiger partial charge in [-0.1, -0.05) is 0 Å². The van der Waals surface area contributed by atoms with Crippen molar-refractivity contribution in [1.29, 1.82) is 0 Å². The minimum absolute atomic E-state index is 0. The number of hydrogen-bond donors (Lipinski definition) is 6. The van der Waals surface area contributed by atoms with Crippen molar-refractivity contribution in [1.82, 2.24) is 0 Å². The average molecular weight is 474 g/mol. The molecule has 0 rings (SSSR count). The van der Waals surface area contributed by atoms with Crippen molar-refractivity contribution in [2.75, 3.05) is 0 Å². The van der Waals surface area contributed by atoms with Gasteiger partial charge in [0, 0.05) is 0 Å². The topological polar surface area (TPSA) is 296 Å². The number of carbonyl (C=O) groups excluding carboxylic acids is 1. The predicted molar refractivity (Wildman–Crippen MR) is 99.1 cm³/mol. The molecular formula is C12H21Na3O15. The molecule has 0 aromatic carbocycles. The molecule has 0 aliphatic heterocycles. The van der Waals surface area contributed by atoms with E-state index in [1.807, 2.05) is 0 Å². The van der Waals surface area contributed by atoms with Crippen molar-refractivity contribution in [3.8, 4) is 0 Å². The van der Waals surface area contributed by atoms with Gasteiger partial charge >= 0.3 is 124 Å². The van der Waals surface area contributed by atoms with Crippen LogP contribution in [0.5, 0.6) is 0 Å². The Labute approximate surface area is 234 Å². The summed E-state index contributed by atoms with van der Waals surface area (Å²) < 4.78 is 4.33. The molecule has 0 heterocycles. The second-order valence-electron chi connectivity index (χ2n) is 5.00. The van der Waals surface area contributed by atoms with Crippen LogP contribution in [0.25, 0.3) is 0 Å². The Balaban J connectivity index is -0.000000288. The van der Waals surface area contributed by atoms with E-state index in [0.29, 0.717) is 0 Å². The van der Waals surface area contributed by atoms with E-state index in [-0.39, 0.29) is 99.6 Å². The number of carboxylic acid groups (broad SMARTS) is 5.